The van der Waals surface area contributed by atoms with Gasteiger partial charge in [-0.2, -0.15) is 0 Å². The van der Waals surface area contributed by atoms with Crippen molar-refractivity contribution in [2.24, 2.45) is 0 Å². The average Bonchev–Trinajstić information content (AvgIpc) is 2.50. The van der Waals surface area contributed by atoms with Gasteiger partial charge in [-0.15, -0.1) is 0 Å². The van der Waals surface area contributed by atoms with Crippen LogP contribution in [0.4, 0.5) is 0 Å². The number of nitrogens with zero attached hydrogens (tertiary/aromatic N) is 1. The van der Waals surface area contributed by atoms with E-state index in [-0.39, 0.29) is 6.10 Å². The van der Waals surface area contributed by atoms with Crippen LogP contribution in [0.1, 0.15) is 42.7 Å². The second-order valence-corrected chi connectivity index (χ2v) is 6.14. The van der Waals surface area contributed by atoms with Gasteiger partial charge in [0.25, 0.3) is 0 Å². The molecule has 0 radical (unpaired) electrons. The molecule has 20 heavy (non-hydrogen) atoms. The van der Waals surface area contributed by atoms with Crippen LogP contribution in [0.3, 0.4) is 0 Å². The van der Waals surface area contributed by atoms with Crippen LogP contribution in [0, 0.1) is 0 Å². The first-order valence-electron chi connectivity index (χ1n) is 7.88. The fraction of sp³-hybridized carbons (Fsp3) is 0.647. The first kappa shape index (κ1) is 14.1. The maximum Gasteiger partial charge on any atom is 0.0594 e. The molecule has 1 aromatic carbocycles. The van der Waals surface area contributed by atoms with E-state index in [1.165, 1.54) is 11.1 Å². The van der Waals surface area contributed by atoms with Crippen molar-refractivity contribution in [3.63, 3.8) is 0 Å². The molecule has 1 aliphatic carbocycles. The molecule has 0 unspecified atom stereocenters. The largest absolute Gasteiger partial charge is 0.393 e. The molecule has 1 N–H and O–H groups in total. The molecule has 0 amide bonds. The number of aliphatic hydroxyl groups is 1. The van der Waals surface area contributed by atoms with Gasteiger partial charge in [0, 0.05) is 19.6 Å². The summed E-state index contributed by atoms with van der Waals surface area (Å²) in [5.41, 5.74) is 2.84. The summed E-state index contributed by atoms with van der Waals surface area (Å²) in [6.45, 7) is 4.85. The lowest BCUT2D eigenvalue weighted by Crippen LogP contribution is -2.35. The Labute approximate surface area is 121 Å². The molecular weight excluding hydrogens is 250 g/mol. The second kappa shape index (κ2) is 6.70. The summed E-state index contributed by atoms with van der Waals surface area (Å²) in [4.78, 5) is 2.45. The van der Waals surface area contributed by atoms with Crippen LogP contribution in [-0.2, 0) is 11.3 Å². The van der Waals surface area contributed by atoms with E-state index >= 15 is 0 Å². The molecule has 0 atom stereocenters. The van der Waals surface area contributed by atoms with Gasteiger partial charge in [-0.25, -0.2) is 0 Å². The highest BCUT2D eigenvalue weighted by molar-refractivity contribution is 5.25. The lowest BCUT2D eigenvalue weighted by atomic mass is 9.82. The van der Waals surface area contributed by atoms with Crippen molar-refractivity contribution in [1.82, 2.24) is 4.90 Å². The van der Waals surface area contributed by atoms with Gasteiger partial charge in [0.1, 0.15) is 0 Å². The minimum Gasteiger partial charge on any atom is -0.393 e. The lowest BCUT2D eigenvalue weighted by molar-refractivity contribution is 0.0342. The third-order valence-electron chi connectivity index (χ3n) is 4.66. The Bertz CT molecular complexity index is 404. The van der Waals surface area contributed by atoms with Crippen LogP contribution >= 0.6 is 0 Å². The quantitative estimate of drug-likeness (QED) is 0.920. The zero-order valence-corrected chi connectivity index (χ0v) is 12.1. The van der Waals surface area contributed by atoms with E-state index in [4.69, 9.17) is 4.74 Å². The van der Waals surface area contributed by atoms with E-state index in [1.807, 2.05) is 0 Å². The Morgan fingerprint density at radius 2 is 1.65 bits per heavy atom. The molecule has 1 heterocycles. The molecule has 1 aromatic rings. The SMILES string of the molecule is O[C@H]1CC[C@H](c2ccc(CN3CCOCC3)cc2)CC1. The Kier molecular flexibility index (Phi) is 4.71. The molecule has 2 fully saturated rings. The molecule has 2 aliphatic rings. The molecule has 1 saturated heterocycles. The van der Waals surface area contributed by atoms with E-state index < -0.39 is 0 Å². The number of hydrogen-bond donors (Lipinski definition) is 1. The van der Waals surface area contributed by atoms with Crippen LogP contribution in [0.15, 0.2) is 24.3 Å². The van der Waals surface area contributed by atoms with Gasteiger partial charge >= 0.3 is 0 Å². The highest BCUT2D eigenvalue weighted by Gasteiger charge is 2.20. The van der Waals surface area contributed by atoms with Gasteiger partial charge in [-0.3, -0.25) is 4.90 Å². The van der Waals surface area contributed by atoms with Crippen LogP contribution < -0.4 is 0 Å². The summed E-state index contributed by atoms with van der Waals surface area (Å²) in [5, 5.41) is 9.58. The Hall–Kier alpha value is -0.900. The monoisotopic (exact) mass is 275 g/mol. The summed E-state index contributed by atoms with van der Waals surface area (Å²) in [6.07, 6.45) is 4.11. The van der Waals surface area contributed by atoms with E-state index in [0.717, 1.165) is 58.5 Å². The first-order valence-corrected chi connectivity index (χ1v) is 7.88. The summed E-state index contributed by atoms with van der Waals surface area (Å²) in [6, 6.07) is 9.13. The lowest BCUT2D eigenvalue weighted by Gasteiger charge is -2.27. The number of hydrogen-bond acceptors (Lipinski definition) is 3. The molecule has 3 nitrogen and oxygen atoms in total. The predicted octanol–water partition coefficient (Wildman–Crippen LogP) is 2.54. The summed E-state index contributed by atoms with van der Waals surface area (Å²) >= 11 is 0. The minimum absolute atomic E-state index is 0.0631. The highest BCUT2D eigenvalue weighted by Crippen LogP contribution is 2.32. The summed E-state index contributed by atoms with van der Waals surface area (Å²) in [7, 11) is 0. The Morgan fingerprint density at radius 3 is 2.30 bits per heavy atom. The topological polar surface area (TPSA) is 32.7 Å². The molecule has 0 bridgehead atoms. The molecule has 0 spiro atoms. The summed E-state index contributed by atoms with van der Waals surface area (Å²) < 4.78 is 5.38. The number of morpholine rings is 1. The van der Waals surface area contributed by atoms with Crippen molar-refractivity contribution in [2.45, 2.75) is 44.2 Å². The van der Waals surface area contributed by atoms with Gasteiger partial charge < -0.3 is 9.84 Å². The maximum absolute atomic E-state index is 9.58. The molecule has 3 heteroatoms. The number of benzene rings is 1. The van der Waals surface area contributed by atoms with E-state index in [0.29, 0.717) is 5.92 Å². The third kappa shape index (κ3) is 3.60. The van der Waals surface area contributed by atoms with E-state index in [2.05, 4.69) is 29.2 Å². The zero-order chi connectivity index (χ0) is 13.8. The molecular formula is C17H25NO2. The van der Waals surface area contributed by atoms with Crippen molar-refractivity contribution in [2.75, 3.05) is 26.3 Å². The predicted molar refractivity (Wildman–Crippen MR) is 79.8 cm³/mol. The molecule has 1 saturated carbocycles. The normalized spacial score (nSPS) is 28.4. The standard InChI is InChI=1S/C17H25NO2/c19-17-7-5-16(6-8-17)15-3-1-14(2-4-15)13-18-9-11-20-12-10-18/h1-4,16-17,19H,5-13H2/t16-,17-. The van der Waals surface area contributed by atoms with Gasteiger partial charge in [0.05, 0.1) is 19.3 Å². The second-order valence-electron chi connectivity index (χ2n) is 6.14. The van der Waals surface area contributed by atoms with Crippen molar-refractivity contribution < 1.29 is 9.84 Å². The summed E-state index contributed by atoms with van der Waals surface area (Å²) in [5.74, 6) is 0.649. The molecule has 3 rings (SSSR count). The van der Waals surface area contributed by atoms with Crippen LogP contribution in [0.2, 0.25) is 0 Å². The molecule has 1 aliphatic heterocycles. The number of aliphatic hydroxyl groups excluding tert-OH is 1. The van der Waals surface area contributed by atoms with Crippen LogP contribution in [-0.4, -0.2) is 42.4 Å². The smallest absolute Gasteiger partial charge is 0.0594 e. The van der Waals surface area contributed by atoms with Gasteiger partial charge in [0.2, 0.25) is 0 Å². The first-order chi connectivity index (χ1) is 9.81. The van der Waals surface area contributed by atoms with Crippen molar-refractivity contribution in [3.8, 4) is 0 Å². The zero-order valence-electron chi connectivity index (χ0n) is 12.1. The third-order valence-corrected chi connectivity index (χ3v) is 4.66. The Balaban J connectivity index is 1.56. The fourth-order valence-corrected chi connectivity index (χ4v) is 3.32. The van der Waals surface area contributed by atoms with Crippen LogP contribution in [0.5, 0.6) is 0 Å². The van der Waals surface area contributed by atoms with Crippen LogP contribution in [0.25, 0.3) is 0 Å². The maximum atomic E-state index is 9.58. The number of ether oxygens (including phenoxy) is 1. The number of rotatable bonds is 3. The van der Waals surface area contributed by atoms with Crippen molar-refractivity contribution >= 4 is 0 Å². The van der Waals surface area contributed by atoms with Crippen molar-refractivity contribution in [3.05, 3.63) is 35.4 Å². The molecule has 0 aromatic heterocycles. The fourth-order valence-electron chi connectivity index (χ4n) is 3.32. The van der Waals surface area contributed by atoms with Gasteiger partial charge in [0.15, 0.2) is 0 Å². The van der Waals surface area contributed by atoms with E-state index in [9.17, 15) is 5.11 Å². The minimum atomic E-state index is -0.0631. The van der Waals surface area contributed by atoms with Gasteiger partial charge in [-0.05, 0) is 42.7 Å². The molecule has 110 valence electrons. The van der Waals surface area contributed by atoms with Crippen molar-refractivity contribution in [1.29, 1.82) is 0 Å². The Morgan fingerprint density at radius 1 is 1.00 bits per heavy atom. The average molecular weight is 275 g/mol. The van der Waals surface area contributed by atoms with E-state index in [1.54, 1.807) is 0 Å². The van der Waals surface area contributed by atoms with Gasteiger partial charge in [-0.1, -0.05) is 24.3 Å². The highest BCUT2D eigenvalue weighted by atomic mass is 16.5.